The van der Waals surface area contributed by atoms with Gasteiger partial charge in [0.1, 0.15) is 12.2 Å². The highest BCUT2D eigenvalue weighted by atomic mass is 16.6. The summed E-state index contributed by atoms with van der Waals surface area (Å²) in [6.07, 6.45) is 0.408. The van der Waals surface area contributed by atoms with Crippen molar-refractivity contribution in [3.05, 3.63) is 35.9 Å². The molecule has 0 bridgehead atoms. The molecule has 0 N–H and O–H groups in total. The Balaban J connectivity index is 2.07. The first kappa shape index (κ1) is 19.4. The summed E-state index contributed by atoms with van der Waals surface area (Å²) >= 11 is 0. The summed E-state index contributed by atoms with van der Waals surface area (Å²) in [5, 5.41) is 0. The quantitative estimate of drug-likeness (QED) is 0.704. The summed E-state index contributed by atoms with van der Waals surface area (Å²) < 4.78 is 21.9. The summed E-state index contributed by atoms with van der Waals surface area (Å²) in [7, 11) is 2.98. The van der Waals surface area contributed by atoms with Gasteiger partial charge in [-0.2, -0.15) is 0 Å². The van der Waals surface area contributed by atoms with E-state index in [4.69, 9.17) is 18.9 Å². The first-order chi connectivity index (χ1) is 12.0. The number of carbonyl (C=O) groups excluding carboxylic acids is 2. The van der Waals surface area contributed by atoms with Crippen molar-refractivity contribution >= 4 is 11.9 Å². The van der Waals surface area contributed by atoms with Gasteiger partial charge in [0, 0.05) is 20.5 Å². The average molecular weight is 350 g/mol. The SMILES string of the molecule is COC(=O)C[C@@H]1C[C@@H](OC)[C@H](OCc2ccccc2)[C@H](OC(C)=O)C1. The van der Waals surface area contributed by atoms with E-state index in [1.165, 1.54) is 14.0 Å². The molecule has 0 heterocycles. The summed E-state index contributed by atoms with van der Waals surface area (Å²) in [6, 6.07) is 9.80. The predicted octanol–water partition coefficient (Wildman–Crippen LogP) is 2.49. The Morgan fingerprint density at radius 2 is 1.76 bits per heavy atom. The van der Waals surface area contributed by atoms with Gasteiger partial charge in [-0.15, -0.1) is 0 Å². The van der Waals surface area contributed by atoms with E-state index in [0.29, 0.717) is 19.4 Å². The van der Waals surface area contributed by atoms with Gasteiger partial charge in [-0.05, 0) is 24.3 Å². The zero-order chi connectivity index (χ0) is 18.2. The summed E-state index contributed by atoms with van der Waals surface area (Å²) in [5.74, 6) is -0.615. The Morgan fingerprint density at radius 1 is 1.08 bits per heavy atom. The fraction of sp³-hybridized carbons (Fsp3) is 0.579. The maximum absolute atomic E-state index is 11.6. The normalized spacial score (nSPS) is 26.0. The van der Waals surface area contributed by atoms with Gasteiger partial charge in [-0.3, -0.25) is 9.59 Å². The van der Waals surface area contributed by atoms with Gasteiger partial charge >= 0.3 is 11.9 Å². The van der Waals surface area contributed by atoms with E-state index in [0.717, 1.165) is 5.56 Å². The lowest BCUT2D eigenvalue weighted by molar-refractivity contribution is -0.181. The predicted molar refractivity (Wildman–Crippen MR) is 90.7 cm³/mol. The lowest BCUT2D eigenvalue weighted by Gasteiger charge is -2.40. The fourth-order valence-electron chi connectivity index (χ4n) is 3.29. The van der Waals surface area contributed by atoms with Crippen molar-refractivity contribution in [1.29, 1.82) is 0 Å². The molecule has 2 rings (SSSR count). The van der Waals surface area contributed by atoms with E-state index in [9.17, 15) is 9.59 Å². The van der Waals surface area contributed by atoms with E-state index in [1.54, 1.807) is 7.11 Å². The number of carbonyl (C=O) groups is 2. The van der Waals surface area contributed by atoms with Gasteiger partial charge in [-0.1, -0.05) is 30.3 Å². The molecular weight excluding hydrogens is 324 g/mol. The number of hydrogen-bond donors (Lipinski definition) is 0. The molecule has 4 atom stereocenters. The van der Waals surface area contributed by atoms with Crippen LogP contribution in [0.5, 0.6) is 0 Å². The second kappa shape index (κ2) is 9.53. The highest BCUT2D eigenvalue weighted by Gasteiger charge is 2.41. The monoisotopic (exact) mass is 350 g/mol. The Labute approximate surface area is 148 Å². The first-order valence-electron chi connectivity index (χ1n) is 8.45. The van der Waals surface area contributed by atoms with E-state index in [-0.39, 0.29) is 36.5 Å². The van der Waals surface area contributed by atoms with Crippen LogP contribution in [0.3, 0.4) is 0 Å². The van der Waals surface area contributed by atoms with Gasteiger partial charge in [0.15, 0.2) is 0 Å². The van der Waals surface area contributed by atoms with Crippen LogP contribution in [0.15, 0.2) is 30.3 Å². The number of methoxy groups -OCH3 is 2. The molecule has 138 valence electrons. The molecule has 6 nitrogen and oxygen atoms in total. The van der Waals surface area contributed by atoms with Crippen LogP contribution in [-0.2, 0) is 35.1 Å². The second-order valence-electron chi connectivity index (χ2n) is 6.30. The highest BCUT2D eigenvalue weighted by molar-refractivity contribution is 5.69. The molecule has 25 heavy (non-hydrogen) atoms. The van der Waals surface area contributed by atoms with E-state index in [1.807, 2.05) is 30.3 Å². The number of esters is 2. The molecule has 0 aliphatic heterocycles. The minimum Gasteiger partial charge on any atom is -0.469 e. The maximum Gasteiger partial charge on any atom is 0.305 e. The molecule has 0 spiro atoms. The van der Waals surface area contributed by atoms with E-state index < -0.39 is 6.10 Å². The van der Waals surface area contributed by atoms with Crippen LogP contribution in [0, 0.1) is 5.92 Å². The molecule has 0 aromatic heterocycles. The van der Waals surface area contributed by atoms with Crippen LogP contribution in [0.2, 0.25) is 0 Å². The first-order valence-corrected chi connectivity index (χ1v) is 8.45. The van der Waals surface area contributed by atoms with Gasteiger partial charge < -0.3 is 18.9 Å². The maximum atomic E-state index is 11.6. The molecule has 0 unspecified atom stereocenters. The molecule has 1 aliphatic rings. The molecule has 0 amide bonds. The van der Waals surface area contributed by atoms with Crippen LogP contribution in [0.25, 0.3) is 0 Å². The molecule has 1 aromatic carbocycles. The largest absolute Gasteiger partial charge is 0.469 e. The Kier molecular flexibility index (Phi) is 7.40. The van der Waals surface area contributed by atoms with Gasteiger partial charge in [0.25, 0.3) is 0 Å². The Hall–Kier alpha value is -1.92. The van der Waals surface area contributed by atoms with Crippen molar-refractivity contribution in [2.75, 3.05) is 14.2 Å². The summed E-state index contributed by atoms with van der Waals surface area (Å²) in [5.41, 5.74) is 1.04. The third-order valence-corrected chi connectivity index (χ3v) is 4.45. The standard InChI is InChI=1S/C19H26O6/c1-13(20)25-17-10-15(11-18(21)23-3)9-16(22-2)19(17)24-12-14-7-5-4-6-8-14/h4-8,15-17,19H,9-12H2,1-3H3/t15-,16-,17-,19+/m1/s1. The van der Waals surface area contributed by atoms with Crippen molar-refractivity contribution in [3.8, 4) is 0 Å². The lowest BCUT2D eigenvalue weighted by Crippen LogP contribution is -2.49. The van der Waals surface area contributed by atoms with Crippen molar-refractivity contribution in [1.82, 2.24) is 0 Å². The number of rotatable bonds is 7. The zero-order valence-electron chi connectivity index (χ0n) is 15.0. The number of hydrogen-bond acceptors (Lipinski definition) is 6. The molecule has 1 aromatic rings. The summed E-state index contributed by atoms with van der Waals surface area (Å²) in [4.78, 5) is 23.1. The van der Waals surface area contributed by atoms with Crippen molar-refractivity contribution < 1.29 is 28.5 Å². The Bertz CT molecular complexity index is 558. The van der Waals surface area contributed by atoms with Crippen LogP contribution < -0.4 is 0 Å². The molecule has 1 fully saturated rings. The lowest BCUT2D eigenvalue weighted by atomic mass is 9.81. The highest BCUT2D eigenvalue weighted by Crippen LogP contribution is 2.33. The average Bonchev–Trinajstić information content (AvgIpc) is 2.60. The minimum absolute atomic E-state index is 0.0262. The van der Waals surface area contributed by atoms with E-state index in [2.05, 4.69) is 0 Å². The fourth-order valence-corrected chi connectivity index (χ4v) is 3.29. The van der Waals surface area contributed by atoms with Crippen molar-refractivity contribution in [3.63, 3.8) is 0 Å². The second-order valence-corrected chi connectivity index (χ2v) is 6.30. The number of ether oxygens (including phenoxy) is 4. The van der Waals surface area contributed by atoms with Crippen molar-refractivity contribution in [2.45, 2.75) is 51.1 Å². The van der Waals surface area contributed by atoms with Crippen molar-refractivity contribution in [2.24, 2.45) is 5.92 Å². The number of benzene rings is 1. The molecule has 0 radical (unpaired) electrons. The Morgan fingerprint density at radius 3 is 2.36 bits per heavy atom. The topological polar surface area (TPSA) is 71.1 Å². The van der Waals surface area contributed by atoms with Crippen LogP contribution >= 0.6 is 0 Å². The minimum atomic E-state index is -0.449. The molecule has 0 saturated heterocycles. The zero-order valence-corrected chi connectivity index (χ0v) is 15.0. The van der Waals surface area contributed by atoms with Gasteiger partial charge in [-0.25, -0.2) is 0 Å². The third kappa shape index (κ3) is 5.83. The molecule has 1 saturated carbocycles. The van der Waals surface area contributed by atoms with Crippen LogP contribution in [-0.4, -0.2) is 44.5 Å². The third-order valence-electron chi connectivity index (χ3n) is 4.45. The van der Waals surface area contributed by atoms with Crippen LogP contribution in [0.4, 0.5) is 0 Å². The molecular formula is C19H26O6. The van der Waals surface area contributed by atoms with E-state index >= 15 is 0 Å². The summed E-state index contributed by atoms with van der Waals surface area (Å²) in [6.45, 7) is 1.78. The van der Waals surface area contributed by atoms with Crippen LogP contribution in [0.1, 0.15) is 31.7 Å². The molecule has 6 heteroatoms. The molecule has 1 aliphatic carbocycles. The van der Waals surface area contributed by atoms with Gasteiger partial charge in [0.2, 0.25) is 0 Å². The van der Waals surface area contributed by atoms with Gasteiger partial charge in [0.05, 0.1) is 19.8 Å². The smallest absolute Gasteiger partial charge is 0.305 e.